The van der Waals surface area contributed by atoms with Gasteiger partial charge < -0.3 is 9.47 Å². The molecule has 1 aromatic heterocycles. The molecular formula is C24H33F2N3O. The molecule has 164 valence electrons. The highest BCUT2D eigenvalue weighted by atomic mass is 19.3. The van der Waals surface area contributed by atoms with E-state index >= 15 is 0 Å². The van der Waals surface area contributed by atoms with Gasteiger partial charge in [-0.3, -0.25) is 4.79 Å². The molecule has 1 amide bonds. The molecule has 2 fully saturated rings. The van der Waals surface area contributed by atoms with Gasteiger partial charge in [0.15, 0.2) is 0 Å². The minimum Gasteiger partial charge on any atom is -0.339 e. The van der Waals surface area contributed by atoms with Gasteiger partial charge in [0.25, 0.3) is 5.91 Å². The van der Waals surface area contributed by atoms with E-state index in [-0.39, 0.29) is 30.1 Å². The monoisotopic (exact) mass is 417 g/mol. The van der Waals surface area contributed by atoms with Crippen LogP contribution < -0.4 is 0 Å². The standard InChI is InChI=1S/C24H33F2N3O/c1-23(2,3)22-27-19-15-18(21(30)28-13-5-4-6-14-28)7-8-20(19)29(22)16-17-9-11-24(25,26)12-10-17/h7-8,15,17H,4-6,9-14,16H2,1-3H3. The summed E-state index contributed by atoms with van der Waals surface area (Å²) in [5.74, 6) is -1.24. The van der Waals surface area contributed by atoms with Crippen molar-refractivity contribution in [2.75, 3.05) is 13.1 Å². The molecule has 0 spiro atoms. The van der Waals surface area contributed by atoms with Gasteiger partial charge in [-0.15, -0.1) is 0 Å². The lowest BCUT2D eigenvalue weighted by Crippen LogP contribution is -2.35. The van der Waals surface area contributed by atoms with Gasteiger partial charge in [0.1, 0.15) is 5.82 Å². The molecule has 6 heteroatoms. The number of fused-ring (bicyclic) bond motifs is 1. The summed E-state index contributed by atoms with van der Waals surface area (Å²) in [5, 5.41) is 0. The summed E-state index contributed by atoms with van der Waals surface area (Å²) >= 11 is 0. The molecule has 1 aliphatic heterocycles. The molecule has 1 saturated heterocycles. The largest absolute Gasteiger partial charge is 0.339 e. The maximum absolute atomic E-state index is 13.6. The van der Waals surface area contributed by atoms with E-state index < -0.39 is 5.92 Å². The summed E-state index contributed by atoms with van der Waals surface area (Å²) in [6, 6.07) is 5.80. The van der Waals surface area contributed by atoms with Gasteiger partial charge in [0, 0.05) is 43.5 Å². The van der Waals surface area contributed by atoms with Gasteiger partial charge in [-0.2, -0.15) is 0 Å². The van der Waals surface area contributed by atoms with Crippen LogP contribution in [-0.4, -0.2) is 39.4 Å². The van der Waals surface area contributed by atoms with Gasteiger partial charge in [-0.1, -0.05) is 20.8 Å². The van der Waals surface area contributed by atoms with E-state index in [2.05, 4.69) is 25.3 Å². The van der Waals surface area contributed by atoms with Crippen molar-refractivity contribution in [1.82, 2.24) is 14.5 Å². The van der Waals surface area contributed by atoms with Crippen LogP contribution >= 0.6 is 0 Å². The quantitative estimate of drug-likeness (QED) is 0.634. The minimum absolute atomic E-state index is 0.0242. The predicted molar refractivity (Wildman–Crippen MR) is 115 cm³/mol. The smallest absolute Gasteiger partial charge is 0.253 e. The van der Waals surface area contributed by atoms with Crippen molar-refractivity contribution in [3.63, 3.8) is 0 Å². The number of benzene rings is 1. The SMILES string of the molecule is CC(C)(C)c1nc2cc(C(=O)N3CCCCC3)ccc2n1CC1CCC(F)(F)CC1. The average Bonchev–Trinajstić information content (AvgIpc) is 3.08. The summed E-state index contributed by atoms with van der Waals surface area (Å²) in [4.78, 5) is 19.8. The van der Waals surface area contributed by atoms with E-state index in [4.69, 9.17) is 4.98 Å². The zero-order valence-corrected chi connectivity index (χ0v) is 18.4. The third-order valence-electron chi connectivity index (χ3n) is 6.59. The molecule has 1 aromatic carbocycles. The first-order valence-electron chi connectivity index (χ1n) is 11.3. The van der Waals surface area contributed by atoms with Gasteiger partial charge in [0.05, 0.1) is 11.0 Å². The molecule has 2 heterocycles. The Morgan fingerprint density at radius 1 is 1.13 bits per heavy atom. The number of imidazole rings is 1. The van der Waals surface area contributed by atoms with Crippen LogP contribution in [0.25, 0.3) is 11.0 Å². The van der Waals surface area contributed by atoms with E-state index in [0.717, 1.165) is 42.8 Å². The third kappa shape index (κ3) is 4.37. The number of likely N-dealkylation sites (tertiary alicyclic amines) is 1. The van der Waals surface area contributed by atoms with E-state index in [1.165, 1.54) is 6.42 Å². The van der Waals surface area contributed by atoms with Crippen LogP contribution in [0.4, 0.5) is 8.78 Å². The fourth-order valence-corrected chi connectivity index (χ4v) is 4.84. The molecule has 4 nitrogen and oxygen atoms in total. The number of amides is 1. The molecule has 2 aliphatic rings. The lowest BCUT2D eigenvalue weighted by molar-refractivity contribution is -0.0473. The molecular weight excluding hydrogens is 384 g/mol. The van der Waals surface area contributed by atoms with Crippen molar-refractivity contribution in [2.24, 2.45) is 5.92 Å². The van der Waals surface area contributed by atoms with Crippen molar-refractivity contribution in [3.8, 4) is 0 Å². The van der Waals surface area contributed by atoms with Gasteiger partial charge >= 0.3 is 0 Å². The first kappa shape index (κ1) is 21.3. The second kappa shape index (κ2) is 7.93. The molecule has 0 bridgehead atoms. The molecule has 1 saturated carbocycles. The topological polar surface area (TPSA) is 38.1 Å². The highest BCUT2D eigenvalue weighted by molar-refractivity contribution is 5.97. The molecule has 1 aliphatic carbocycles. The fourth-order valence-electron chi connectivity index (χ4n) is 4.84. The van der Waals surface area contributed by atoms with Crippen LogP contribution in [0.1, 0.15) is 81.9 Å². The van der Waals surface area contributed by atoms with Crippen LogP contribution in [0.15, 0.2) is 18.2 Å². The van der Waals surface area contributed by atoms with E-state index in [9.17, 15) is 13.6 Å². The number of hydrogen-bond acceptors (Lipinski definition) is 2. The van der Waals surface area contributed by atoms with Gasteiger partial charge in [0.2, 0.25) is 5.92 Å². The fraction of sp³-hybridized carbons (Fsp3) is 0.667. The maximum Gasteiger partial charge on any atom is 0.253 e. The molecule has 4 rings (SSSR count). The molecule has 0 N–H and O–H groups in total. The number of aromatic nitrogens is 2. The summed E-state index contributed by atoms with van der Waals surface area (Å²) in [7, 11) is 0. The zero-order chi connectivity index (χ0) is 21.5. The number of nitrogens with zero attached hydrogens (tertiary/aromatic N) is 3. The molecule has 0 atom stereocenters. The van der Waals surface area contributed by atoms with Crippen LogP contribution in [0.5, 0.6) is 0 Å². The van der Waals surface area contributed by atoms with Crippen LogP contribution in [0, 0.1) is 5.92 Å². The van der Waals surface area contributed by atoms with E-state index in [1.807, 2.05) is 23.1 Å². The third-order valence-corrected chi connectivity index (χ3v) is 6.59. The Labute approximate surface area is 177 Å². The summed E-state index contributed by atoms with van der Waals surface area (Å²) in [5.41, 5.74) is 2.33. The van der Waals surface area contributed by atoms with E-state index in [1.54, 1.807) is 0 Å². The number of carbonyl (C=O) groups is 1. The summed E-state index contributed by atoms with van der Waals surface area (Å²) in [6.45, 7) is 8.73. The number of hydrogen-bond donors (Lipinski definition) is 0. The molecule has 0 radical (unpaired) electrons. The Hall–Kier alpha value is -1.98. The lowest BCUT2D eigenvalue weighted by atomic mass is 9.86. The van der Waals surface area contributed by atoms with Crippen molar-refractivity contribution >= 4 is 16.9 Å². The summed E-state index contributed by atoms with van der Waals surface area (Å²) in [6.07, 6.45) is 4.36. The van der Waals surface area contributed by atoms with Crippen LogP contribution in [0.3, 0.4) is 0 Å². The van der Waals surface area contributed by atoms with Gasteiger partial charge in [-0.05, 0) is 56.2 Å². The Balaban J connectivity index is 1.64. The zero-order valence-electron chi connectivity index (χ0n) is 18.4. The van der Waals surface area contributed by atoms with Crippen LogP contribution in [0.2, 0.25) is 0 Å². The number of halogens is 2. The number of carbonyl (C=O) groups excluding carboxylic acids is 1. The maximum atomic E-state index is 13.6. The first-order chi connectivity index (χ1) is 14.1. The minimum atomic E-state index is -2.51. The van der Waals surface area contributed by atoms with Crippen molar-refractivity contribution in [2.45, 2.75) is 83.6 Å². The Morgan fingerprint density at radius 2 is 1.80 bits per heavy atom. The Bertz CT molecular complexity index is 912. The Morgan fingerprint density at radius 3 is 2.43 bits per heavy atom. The number of alkyl halides is 2. The average molecular weight is 418 g/mol. The number of rotatable bonds is 3. The second-order valence-corrected chi connectivity index (χ2v) is 10.2. The predicted octanol–water partition coefficient (Wildman–Crippen LogP) is 5.79. The molecule has 30 heavy (non-hydrogen) atoms. The first-order valence-corrected chi connectivity index (χ1v) is 11.3. The van der Waals surface area contributed by atoms with Crippen molar-refractivity contribution < 1.29 is 13.6 Å². The van der Waals surface area contributed by atoms with Gasteiger partial charge in [-0.25, -0.2) is 13.8 Å². The van der Waals surface area contributed by atoms with Crippen molar-refractivity contribution in [3.05, 3.63) is 29.6 Å². The lowest BCUT2D eigenvalue weighted by Gasteiger charge is -2.30. The van der Waals surface area contributed by atoms with Crippen molar-refractivity contribution in [1.29, 1.82) is 0 Å². The number of piperidine rings is 1. The second-order valence-electron chi connectivity index (χ2n) is 10.2. The molecule has 2 aromatic rings. The normalized spacial score (nSPS) is 20.6. The van der Waals surface area contributed by atoms with E-state index in [0.29, 0.717) is 24.9 Å². The highest BCUT2D eigenvalue weighted by Crippen LogP contribution is 2.38. The summed E-state index contributed by atoms with van der Waals surface area (Å²) < 4.78 is 29.4. The molecule has 0 unspecified atom stereocenters. The van der Waals surface area contributed by atoms with Crippen LogP contribution in [-0.2, 0) is 12.0 Å². The Kier molecular flexibility index (Phi) is 5.62. The highest BCUT2D eigenvalue weighted by Gasteiger charge is 2.35.